The lowest BCUT2D eigenvalue weighted by Crippen LogP contribution is -2.51. The number of likely N-dealkylation sites (tertiary alicyclic amines) is 1. The summed E-state index contributed by atoms with van der Waals surface area (Å²) in [7, 11) is 0. The molecule has 4 aliphatic rings. The quantitative estimate of drug-likeness (QED) is 0.262. The van der Waals surface area contributed by atoms with Crippen LogP contribution in [-0.4, -0.2) is 71.4 Å². The second-order valence-corrected chi connectivity index (χ2v) is 13.3. The second-order valence-electron chi connectivity index (χ2n) is 13.3. The Kier molecular flexibility index (Phi) is 6.67. The molecule has 7 nitrogen and oxygen atoms in total. The van der Waals surface area contributed by atoms with Gasteiger partial charge in [0.1, 0.15) is 17.1 Å². The highest BCUT2D eigenvalue weighted by molar-refractivity contribution is 6.03. The van der Waals surface area contributed by atoms with E-state index in [0.29, 0.717) is 35.2 Å². The molecule has 8 rings (SSSR count). The minimum atomic E-state index is -0.403. The van der Waals surface area contributed by atoms with Gasteiger partial charge < -0.3 is 25.0 Å². The number of fused-ring (bicyclic) bond motifs is 4. The molecule has 0 amide bonds. The van der Waals surface area contributed by atoms with E-state index >= 15 is 4.39 Å². The van der Waals surface area contributed by atoms with Crippen molar-refractivity contribution in [2.24, 2.45) is 5.41 Å². The normalized spacial score (nSPS) is 23.0. The Morgan fingerprint density at radius 2 is 1.81 bits per heavy atom. The van der Waals surface area contributed by atoms with Crippen molar-refractivity contribution in [2.75, 3.05) is 44.2 Å². The Bertz CT molecular complexity index is 1690. The number of aromatic hydroxyl groups is 1. The topological polar surface area (TPSA) is 73.8 Å². The summed E-state index contributed by atoms with van der Waals surface area (Å²) in [6.45, 7) is 7.71. The molecule has 4 aromatic rings. The predicted molar refractivity (Wildman–Crippen MR) is 168 cm³/mol. The summed E-state index contributed by atoms with van der Waals surface area (Å²) < 4.78 is 23.2. The molecule has 2 atom stereocenters. The fourth-order valence-corrected chi connectivity index (χ4v) is 7.76. The third kappa shape index (κ3) is 4.98. The highest BCUT2D eigenvalue weighted by atomic mass is 19.1. The predicted octanol–water partition coefficient (Wildman–Crippen LogP) is 6.05. The summed E-state index contributed by atoms with van der Waals surface area (Å²) in [5, 5.41) is 16.9. The Labute approximate surface area is 252 Å². The van der Waals surface area contributed by atoms with Crippen LogP contribution in [0.4, 0.5) is 10.2 Å². The first-order chi connectivity index (χ1) is 21.0. The molecule has 0 unspecified atom stereocenters. The molecule has 3 saturated heterocycles. The van der Waals surface area contributed by atoms with E-state index in [1.165, 1.54) is 25.9 Å². The maximum absolute atomic E-state index is 16.8. The summed E-state index contributed by atoms with van der Waals surface area (Å²) in [6.07, 6.45) is 7.94. The molecule has 2 bridgehead atoms. The summed E-state index contributed by atoms with van der Waals surface area (Å²) in [6, 6.07) is 14.3. The summed E-state index contributed by atoms with van der Waals surface area (Å²) >= 11 is 0. The maximum atomic E-state index is 16.8. The first-order valence-electron chi connectivity index (χ1n) is 16.1. The molecule has 4 fully saturated rings. The minimum Gasteiger partial charge on any atom is -0.508 e. The molecule has 0 radical (unpaired) electrons. The van der Waals surface area contributed by atoms with Crippen molar-refractivity contribution in [3.05, 3.63) is 53.8 Å². The number of nitrogens with zero attached hydrogens (tertiary/aromatic N) is 4. The highest BCUT2D eigenvalue weighted by Crippen LogP contribution is 2.47. The van der Waals surface area contributed by atoms with E-state index in [2.05, 4.69) is 28.1 Å². The zero-order valence-corrected chi connectivity index (χ0v) is 24.9. The second kappa shape index (κ2) is 10.6. The number of aryl methyl sites for hydroxylation is 1. The van der Waals surface area contributed by atoms with Gasteiger partial charge in [0.2, 0.25) is 0 Å². The number of phenolic OH excluding ortho intramolecular Hbond substituents is 1. The Morgan fingerprint density at radius 3 is 2.56 bits per heavy atom. The van der Waals surface area contributed by atoms with Crippen molar-refractivity contribution >= 4 is 27.5 Å². The van der Waals surface area contributed by atoms with Crippen molar-refractivity contribution in [1.29, 1.82) is 0 Å². The van der Waals surface area contributed by atoms with Gasteiger partial charge in [-0.05, 0) is 98.1 Å². The summed E-state index contributed by atoms with van der Waals surface area (Å²) in [4.78, 5) is 14.6. The van der Waals surface area contributed by atoms with Crippen LogP contribution in [0.1, 0.15) is 51.0 Å². The van der Waals surface area contributed by atoms with Gasteiger partial charge in [-0.3, -0.25) is 0 Å². The number of phenols is 1. The molecule has 8 heteroatoms. The van der Waals surface area contributed by atoms with Crippen LogP contribution < -0.4 is 15.0 Å². The molecule has 4 heterocycles. The van der Waals surface area contributed by atoms with Crippen LogP contribution in [-0.2, 0) is 6.42 Å². The number of hydrogen-bond donors (Lipinski definition) is 2. The van der Waals surface area contributed by atoms with E-state index in [4.69, 9.17) is 14.7 Å². The van der Waals surface area contributed by atoms with Gasteiger partial charge in [0.25, 0.3) is 0 Å². The Morgan fingerprint density at radius 1 is 1.02 bits per heavy atom. The SMILES string of the molecule is CCc1cccc2cc(O)cc(-c3ccc4c(N5C[C@H]6CC[C@@H](C5)N6)nc(OCC5(CN6CCCC6)CC5)nc4c3F)c12. The number of hydrogen-bond acceptors (Lipinski definition) is 7. The molecule has 3 aliphatic heterocycles. The van der Waals surface area contributed by atoms with Gasteiger partial charge in [-0.2, -0.15) is 9.97 Å². The molecular weight excluding hydrogens is 541 g/mol. The zero-order chi connectivity index (χ0) is 29.1. The van der Waals surface area contributed by atoms with Crippen molar-refractivity contribution in [3.8, 4) is 22.9 Å². The van der Waals surface area contributed by atoms with Gasteiger partial charge in [-0.15, -0.1) is 0 Å². The van der Waals surface area contributed by atoms with E-state index in [-0.39, 0.29) is 22.7 Å². The summed E-state index contributed by atoms with van der Waals surface area (Å²) in [5.74, 6) is 0.468. The fraction of sp³-hybridized carbons (Fsp3) is 0.486. The van der Waals surface area contributed by atoms with Gasteiger partial charge in [0.05, 0.1) is 6.61 Å². The fourth-order valence-electron chi connectivity index (χ4n) is 7.76. The number of ether oxygens (including phenoxy) is 1. The molecule has 43 heavy (non-hydrogen) atoms. The number of anilines is 1. The molecule has 1 aromatic heterocycles. The zero-order valence-electron chi connectivity index (χ0n) is 24.9. The maximum Gasteiger partial charge on any atom is 0.319 e. The van der Waals surface area contributed by atoms with Gasteiger partial charge in [-0.25, -0.2) is 4.39 Å². The van der Waals surface area contributed by atoms with Crippen LogP contribution in [0.2, 0.25) is 0 Å². The lowest BCUT2D eigenvalue weighted by atomic mass is 9.92. The van der Waals surface area contributed by atoms with Crippen molar-refractivity contribution in [3.63, 3.8) is 0 Å². The van der Waals surface area contributed by atoms with Crippen LogP contribution in [0.25, 0.3) is 32.8 Å². The minimum absolute atomic E-state index is 0.117. The first-order valence-corrected chi connectivity index (χ1v) is 16.1. The number of rotatable bonds is 8. The monoisotopic (exact) mass is 581 g/mol. The molecule has 224 valence electrons. The highest BCUT2D eigenvalue weighted by Gasteiger charge is 2.45. The van der Waals surface area contributed by atoms with Crippen LogP contribution in [0.3, 0.4) is 0 Å². The first kappa shape index (κ1) is 27.1. The van der Waals surface area contributed by atoms with Crippen molar-refractivity contribution < 1.29 is 14.2 Å². The lowest BCUT2D eigenvalue weighted by Gasteiger charge is -2.34. The molecule has 0 spiro atoms. The van der Waals surface area contributed by atoms with Gasteiger partial charge in [0, 0.05) is 48.1 Å². The molecule has 2 N–H and O–H groups in total. The standard InChI is InChI=1S/C35H40FN5O2/c1-2-22-6-5-7-23-16-26(42)17-29(30(22)23)27-10-11-28-32(31(27)36)38-34(39-33(28)41-18-24-8-9-25(19-41)37-24)43-21-35(12-13-35)20-40-14-3-4-15-40/h5-7,10-11,16-17,24-25,37,42H,2-4,8-9,12-15,18-21H2,1H3/t24-,25+. The number of piperazine rings is 1. The van der Waals surface area contributed by atoms with Gasteiger partial charge in [0.15, 0.2) is 5.82 Å². The third-order valence-electron chi connectivity index (χ3n) is 10.2. The average Bonchev–Trinajstić information content (AvgIpc) is 3.42. The molecule has 1 aliphatic carbocycles. The van der Waals surface area contributed by atoms with Crippen LogP contribution >= 0.6 is 0 Å². The van der Waals surface area contributed by atoms with Gasteiger partial charge >= 0.3 is 6.01 Å². The smallest absolute Gasteiger partial charge is 0.319 e. The van der Waals surface area contributed by atoms with E-state index in [1.807, 2.05) is 24.3 Å². The average molecular weight is 582 g/mol. The summed E-state index contributed by atoms with van der Waals surface area (Å²) in [5.41, 5.74) is 2.64. The Balaban J connectivity index is 1.22. The number of benzene rings is 3. The van der Waals surface area contributed by atoms with Crippen LogP contribution in [0.15, 0.2) is 42.5 Å². The Hall–Kier alpha value is -3.49. The number of nitrogens with one attached hydrogen (secondary N) is 1. The van der Waals surface area contributed by atoms with Crippen LogP contribution in [0, 0.1) is 11.2 Å². The van der Waals surface area contributed by atoms with Crippen LogP contribution in [0.5, 0.6) is 11.8 Å². The number of halogens is 1. The molecule has 3 aromatic carbocycles. The molecular formula is C35H40FN5O2. The van der Waals surface area contributed by atoms with Crippen molar-refractivity contribution in [2.45, 2.75) is 64.0 Å². The lowest BCUT2D eigenvalue weighted by molar-refractivity contribution is 0.170. The van der Waals surface area contributed by atoms with E-state index in [0.717, 1.165) is 73.9 Å². The largest absolute Gasteiger partial charge is 0.508 e. The van der Waals surface area contributed by atoms with E-state index < -0.39 is 5.82 Å². The van der Waals surface area contributed by atoms with Gasteiger partial charge in [-0.1, -0.05) is 31.2 Å². The molecule has 1 saturated carbocycles. The van der Waals surface area contributed by atoms with E-state index in [9.17, 15) is 5.11 Å². The number of aromatic nitrogens is 2. The third-order valence-corrected chi connectivity index (χ3v) is 10.2. The van der Waals surface area contributed by atoms with E-state index in [1.54, 1.807) is 12.1 Å². The van der Waals surface area contributed by atoms with Crippen molar-refractivity contribution in [1.82, 2.24) is 20.2 Å².